The number of fused-ring (bicyclic) bond motifs is 1. The number of nitrogens with one attached hydrogen (secondary N) is 1. The molecule has 1 saturated carbocycles. The highest BCUT2D eigenvalue weighted by Crippen LogP contribution is 2.35. The average molecular weight is 333 g/mol. The zero-order valence-electron chi connectivity index (χ0n) is 14.3. The maximum atomic E-state index is 13.0. The number of rotatable bonds is 3. The molecule has 1 aliphatic rings. The van der Waals surface area contributed by atoms with Crippen molar-refractivity contribution >= 4 is 16.9 Å². The number of carbonyl (C=O) groups is 1. The summed E-state index contributed by atoms with van der Waals surface area (Å²) in [6, 6.07) is 18.1. The summed E-state index contributed by atoms with van der Waals surface area (Å²) in [5.74, 6) is 0.332. The van der Waals surface area contributed by atoms with E-state index < -0.39 is 0 Å². The lowest BCUT2D eigenvalue weighted by atomic mass is 10.0. The molecule has 0 saturated heterocycles. The fourth-order valence-electron chi connectivity index (χ4n) is 3.77. The van der Waals surface area contributed by atoms with Crippen molar-refractivity contribution in [1.82, 2.24) is 5.32 Å². The molecule has 0 unspecified atom stereocenters. The Hall–Kier alpha value is -2.55. The first-order valence-electron chi connectivity index (χ1n) is 9.21. The molecule has 1 fully saturated rings. The summed E-state index contributed by atoms with van der Waals surface area (Å²) in [4.78, 5) is 13.0. The number of amides is 1. The van der Waals surface area contributed by atoms with E-state index in [1.54, 1.807) is 0 Å². The Kier molecular flexibility index (Phi) is 4.55. The van der Waals surface area contributed by atoms with E-state index in [0.29, 0.717) is 5.76 Å². The van der Waals surface area contributed by atoms with E-state index in [0.717, 1.165) is 34.9 Å². The van der Waals surface area contributed by atoms with E-state index in [1.165, 1.54) is 25.7 Å². The molecular formula is C22H23NO2. The van der Waals surface area contributed by atoms with Crippen molar-refractivity contribution in [3.63, 3.8) is 0 Å². The monoisotopic (exact) mass is 333 g/mol. The van der Waals surface area contributed by atoms with Gasteiger partial charge in [-0.15, -0.1) is 0 Å². The van der Waals surface area contributed by atoms with E-state index in [-0.39, 0.29) is 11.9 Å². The highest BCUT2D eigenvalue weighted by atomic mass is 16.3. The van der Waals surface area contributed by atoms with Gasteiger partial charge in [-0.05, 0) is 24.5 Å². The van der Waals surface area contributed by atoms with Crippen LogP contribution in [0.3, 0.4) is 0 Å². The van der Waals surface area contributed by atoms with Gasteiger partial charge in [0, 0.05) is 17.0 Å². The van der Waals surface area contributed by atoms with Crippen LogP contribution >= 0.6 is 0 Å². The van der Waals surface area contributed by atoms with Gasteiger partial charge in [-0.1, -0.05) is 74.2 Å². The van der Waals surface area contributed by atoms with Crippen LogP contribution in [0, 0.1) is 0 Å². The van der Waals surface area contributed by atoms with Gasteiger partial charge in [0.15, 0.2) is 0 Å². The highest BCUT2D eigenvalue weighted by molar-refractivity contribution is 6.08. The predicted octanol–water partition coefficient (Wildman–Crippen LogP) is 5.55. The van der Waals surface area contributed by atoms with E-state index in [2.05, 4.69) is 5.32 Å². The molecule has 0 atom stereocenters. The first-order chi connectivity index (χ1) is 12.3. The summed E-state index contributed by atoms with van der Waals surface area (Å²) in [5.41, 5.74) is 2.66. The van der Waals surface area contributed by atoms with Crippen molar-refractivity contribution in [2.75, 3.05) is 0 Å². The molecule has 1 aliphatic carbocycles. The lowest BCUT2D eigenvalue weighted by Gasteiger charge is -2.15. The molecule has 3 heteroatoms. The zero-order valence-corrected chi connectivity index (χ0v) is 14.3. The molecule has 1 heterocycles. The van der Waals surface area contributed by atoms with Crippen molar-refractivity contribution < 1.29 is 9.21 Å². The van der Waals surface area contributed by atoms with Crippen molar-refractivity contribution in [3.05, 3.63) is 60.4 Å². The van der Waals surface area contributed by atoms with Gasteiger partial charge in [-0.3, -0.25) is 4.79 Å². The van der Waals surface area contributed by atoms with Gasteiger partial charge in [-0.25, -0.2) is 0 Å². The van der Waals surface area contributed by atoms with Gasteiger partial charge in [-0.2, -0.15) is 0 Å². The Morgan fingerprint density at radius 1 is 0.880 bits per heavy atom. The lowest BCUT2D eigenvalue weighted by molar-refractivity contribution is 0.0908. The summed E-state index contributed by atoms with van der Waals surface area (Å²) < 4.78 is 5.98. The van der Waals surface area contributed by atoms with E-state index in [1.807, 2.05) is 54.6 Å². The average Bonchev–Trinajstić information content (AvgIpc) is 2.86. The third-order valence-corrected chi connectivity index (χ3v) is 5.05. The molecule has 3 aromatic rings. The Bertz CT molecular complexity index is 858. The van der Waals surface area contributed by atoms with E-state index >= 15 is 0 Å². The molecule has 25 heavy (non-hydrogen) atoms. The molecule has 2 aromatic carbocycles. The van der Waals surface area contributed by atoms with Gasteiger partial charge in [0.1, 0.15) is 5.58 Å². The van der Waals surface area contributed by atoms with Gasteiger partial charge in [0.25, 0.3) is 5.91 Å². The first kappa shape index (κ1) is 15.9. The maximum absolute atomic E-state index is 13.0. The maximum Gasteiger partial charge on any atom is 0.287 e. The lowest BCUT2D eigenvalue weighted by Crippen LogP contribution is -2.34. The van der Waals surface area contributed by atoms with Crippen LogP contribution in [0.1, 0.15) is 49.1 Å². The number of hydrogen-bond donors (Lipinski definition) is 1. The summed E-state index contributed by atoms with van der Waals surface area (Å²) >= 11 is 0. The minimum Gasteiger partial charge on any atom is -0.450 e. The van der Waals surface area contributed by atoms with E-state index in [9.17, 15) is 4.79 Å². The van der Waals surface area contributed by atoms with Crippen molar-refractivity contribution in [2.45, 2.75) is 44.6 Å². The Balaban J connectivity index is 1.72. The molecular weight excluding hydrogens is 310 g/mol. The van der Waals surface area contributed by atoms with Crippen LogP contribution in [-0.2, 0) is 0 Å². The molecule has 0 bridgehead atoms. The number of carbonyl (C=O) groups excluding carboxylic acids is 1. The number of para-hydroxylation sites is 1. The minimum absolute atomic E-state index is 0.0954. The van der Waals surface area contributed by atoms with Crippen LogP contribution in [0.4, 0.5) is 0 Å². The van der Waals surface area contributed by atoms with Crippen molar-refractivity contribution in [1.29, 1.82) is 0 Å². The normalized spacial score (nSPS) is 15.8. The molecule has 128 valence electrons. The predicted molar refractivity (Wildman–Crippen MR) is 101 cm³/mol. The smallest absolute Gasteiger partial charge is 0.287 e. The number of furan rings is 1. The molecule has 0 radical (unpaired) electrons. The van der Waals surface area contributed by atoms with Crippen LogP contribution in [0.15, 0.2) is 59.0 Å². The van der Waals surface area contributed by atoms with Crippen LogP contribution in [0.5, 0.6) is 0 Å². The number of benzene rings is 2. The molecule has 4 rings (SSSR count). The summed E-state index contributed by atoms with van der Waals surface area (Å²) in [6.45, 7) is 0. The van der Waals surface area contributed by atoms with Crippen LogP contribution in [0.25, 0.3) is 22.1 Å². The quantitative estimate of drug-likeness (QED) is 0.638. The van der Waals surface area contributed by atoms with Gasteiger partial charge in [0.2, 0.25) is 5.76 Å². The molecule has 1 aromatic heterocycles. The molecule has 1 amide bonds. The second kappa shape index (κ2) is 7.14. The minimum atomic E-state index is -0.0954. The largest absolute Gasteiger partial charge is 0.450 e. The Morgan fingerprint density at radius 3 is 2.32 bits per heavy atom. The van der Waals surface area contributed by atoms with Crippen molar-refractivity contribution in [3.8, 4) is 11.1 Å². The van der Waals surface area contributed by atoms with Crippen LogP contribution < -0.4 is 5.32 Å². The highest BCUT2D eigenvalue weighted by Gasteiger charge is 2.24. The summed E-state index contributed by atoms with van der Waals surface area (Å²) in [6.07, 6.45) is 7.05. The summed E-state index contributed by atoms with van der Waals surface area (Å²) in [5, 5.41) is 4.20. The Morgan fingerprint density at radius 2 is 1.56 bits per heavy atom. The van der Waals surface area contributed by atoms with Gasteiger partial charge in [0.05, 0.1) is 0 Å². The molecule has 1 N–H and O–H groups in total. The number of hydrogen-bond acceptors (Lipinski definition) is 2. The SMILES string of the molecule is O=C(NC1CCCCCC1)c1oc2ccccc2c1-c1ccccc1. The summed E-state index contributed by atoms with van der Waals surface area (Å²) in [7, 11) is 0. The second-order valence-electron chi connectivity index (χ2n) is 6.83. The second-order valence-corrected chi connectivity index (χ2v) is 6.83. The van der Waals surface area contributed by atoms with Crippen LogP contribution in [0.2, 0.25) is 0 Å². The zero-order chi connectivity index (χ0) is 17.1. The third-order valence-electron chi connectivity index (χ3n) is 5.05. The topological polar surface area (TPSA) is 42.2 Å². The molecule has 0 spiro atoms. The van der Waals surface area contributed by atoms with E-state index in [4.69, 9.17) is 4.42 Å². The fourth-order valence-corrected chi connectivity index (χ4v) is 3.77. The fraction of sp³-hybridized carbons (Fsp3) is 0.318. The Labute approximate surface area is 148 Å². The van der Waals surface area contributed by atoms with Crippen molar-refractivity contribution in [2.24, 2.45) is 0 Å². The van der Waals surface area contributed by atoms with Crippen LogP contribution in [-0.4, -0.2) is 11.9 Å². The molecule has 3 nitrogen and oxygen atoms in total. The van der Waals surface area contributed by atoms with Gasteiger partial charge >= 0.3 is 0 Å². The standard InChI is InChI=1S/C22H23NO2/c24-22(23-17-12-6-1-2-7-13-17)21-20(16-10-4-3-5-11-16)18-14-8-9-15-19(18)25-21/h3-5,8-11,14-15,17H,1-2,6-7,12-13H2,(H,23,24). The first-order valence-corrected chi connectivity index (χ1v) is 9.21. The van der Waals surface area contributed by atoms with Gasteiger partial charge < -0.3 is 9.73 Å². The third kappa shape index (κ3) is 3.32. The molecule has 0 aliphatic heterocycles.